The molecule has 1 aromatic carbocycles. The molecule has 0 aliphatic carbocycles. The first-order chi connectivity index (χ1) is 8.59. The predicted molar refractivity (Wildman–Crippen MR) is 70.2 cm³/mol. The summed E-state index contributed by atoms with van der Waals surface area (Å²) in [6.07, 6.45) is -3.79. The van der Waals surface area contributed by atoms with Crippen molar-refractivity contribution in [1.82, 2.24) is 4.90 Å². The highest BCUT2D eigenvalue weighted by molar-refractivity contribution is 5.44. The summed E-state index contributed by atoms with van der Waals surface area (Å²) >= 11 is 0. The van der Waals surface area contributed by atoms with Crippen molar-refractivity contribution in [2.24, 2.45) is 0 Å². The molecule has 1 nitrogen and oxygen atoms in total. The van der Waals surface area contributed by atoms with Crippen molar-refractivity contribution in [3.05, 3.63) is 34.4 Å². The summed E-state index contributed by atoms with van der Waals surface area (Å²) in [6, 6.07) is 3.28. The lowest BCUT2D eigenvalue weighted by atomic mass is 9.82. The van der Waals surface area contributed by atoms with E-state index in [1.54, 1.807) is 0 Å². The number of halogens is 3. The number of alkyl halides is 3. The van der Waals surface area contributed by atoms with Crippen LogP contribution >= 0.6 is 0 Å². The first-order valence-electron chi connectivity index (χ1n) is 6.51. The standard InChI is InChI=1S/C15H20F3N/c1-14(2,3)11-7-10-9-19(4)6-5-12(10)13(8-11)15(16,17)18/h7-8H,5-6,9H2,1-4H3. The lowest BCUT2D eigenvalue weighted by Gasteiger charge is -2.30. The van der Waals surface area contributed by atoms with Crippen LogP contribution in [0.5, 0.6) is 0 Å². The quantitative estimate of drug-likeness (QED) is 0.689. The summed E-state index contributed by atoms with van der Waals surface area (Å²) in [6.45, 7) is 7.12. The Bertz CT molecular complexity index is 483. The molecular formula is C15H20F3N. The molecule has 0 bridgehead atoms. The number of hydrogen-bond acceptors (Lipinski definition) is 1. The van der Waals surface area contributed by atoms with Gasteiger partial charge in [-0.25, -0.2) is 0 Å². The fraction of sp³-hybridized carbons (Fsp3) is 0.600. The Hall–Kier alpha value is -1.03. The molecule has 1 aromatic rings. The number of hydrogen-bond donors (Lipinski definition) is 0. The number of benzene rings is 1. The van der Waals surface area contributed by atoms with Crippen LogP contribution in [-0.4, -0.2) is 18.5 Å². The zero-order valence-corrected chi connectivity index (χ0v) is 11.9. The highest BCUT2D eigenvalue weighted by Gasteiger charge is 2.36. The highest BCUT2D eigenvalue weighted by atomic mass is 19.4. The summed E-state index contributed by atoms with van der Waals surface area (Å²) in [5.41, 5.74) is 1.36. The summed E-state index contributed by atoms with van der Waals surface area (Å²) in [4.78, 5) is 2.06. The van der Waals surface area contributed by atoms with E-state index in [4.69, 9.17) is 0 Å². The van der Waals surface area contributed by atoms with E-state index in [1.165, 1.54) is 6.07 Å². The first-order valence-corrected chi connectivity index (χ1v) is 6.51. The number of rotatable bonds is 0. The minimum atomic E-state index is -4.26. The Labute approximate surface area is 112 Å². The maximum atomic E-state index is 13.2. The van der Waals surface area contributed by atoms with Gasteiger partial charge in [0, 0.05) is 13.1 Å². The van der Waals surface area contributed by atoms with Crippen molar-refractivity contribution in [1.29, 1.82) is 0 Å². The predicted octanol–water partition coefficient (Wildman–Crippen LogP) is 3.99. The molecule has 0 radical (unpaired) electrons. The van der Waals surface area contributed by atoms with Crippen molar-refractivity contribution >= 4 is 0 Å². The maximum absolute atomic E-state index is 13.2. The summed E-state index contributed by atoms with van der Waals surface area (Å²) in [7, 11) is 1.94. The maximum Gasteiger partial charge on any atom is 0.416 e. The third-order valence-electron chi connectivity index (χ3n) is 3.70. The van der Waals surface area contributed by atoms with Gasteiger partial charge in [-0.05, 0) is 41.6 Å². The van der Waals surface area contributed by atoms with Gasteiger partial charge in [0.05, 0.1) is 5.56 Å². The van der Waals surface area contributed by atoms with Gasteiger partial charge in [-0.2, -0.15) is 13.2 Å². The van der Waals surface area contributed by atoms with Gasteiger partial charge in [-0.1, -0.05) is 26.8 Å². The zero-order valence-electron chi connectivity index (χ0n) is 11.9. The van der Waals surface area contributed by atoms with Gasteiger partial charge in [0.25, 0.3) is 0 Å². The second-order valence-corrected chi connectivity index (χ2v) is 6.40. The van der Waals surface area contributed by atoms with E-state index in [9.17, 15) is 13.2 Å². The van der Waals surface area contributed by atoms with Crippen molar-refractivity contribution in [3.63, 3.8) is 0 Å². The summed E-state index contributed by atoms with van der Waals surface area (Å²) < 4.78 is 39.7. The van der Waals surface area contributed by atoms with Crippen molar-refractivity contribution in [2.75, 3.05) is 13.6 Å². The van der Waals surface area contributed by atoms with Crippen LogP contribution in [0.15, 0.2) is 12.1 Å². The van der Waals surface area contributed by atoms with Crippen LogP contribution in [0.3, 0.4) is 0 Å². The third-order valence-corrected chi connectivity index (χ3v) is 3.70. The molecule has 0 saturated carbocycles. The van der Waals surface area contributed by atoms with Crippen molar-refractivity contribution < 1.29 is 13.2 Å². The lowest BCUT2D eigenvalue weighted by molar-refractivity contribution is -0.138. The zero-order chi connectivity index (χ0) is 14.4. The molecule has 0 fully saturated rings. The van der Waals surface area contributed by atoms with E-state index in [0.717, 1.165) is 11.1 Å². The third kappa shape index (κ3) is 2.94. The Balaban J connectivity index is 2.62. The molecule has 106 valence electrons. The second-order valence-electron chi connectivity index (χ2n) is 6.40. The molecule has 0 saturated heterocycles. The van der Waals surface area contributed by atoms with E-state index in [0.29, 0.717) is 25.1 Å². The average Bonchev–Trinajstić information content (AvgIpc) is 2.24. The smallest absolute Gasteiger partial charge is 0.302 e. The van der Waals surface area contributed by atoms with Gasteiger partial charge in [0.2, 0.25) is 0 Å². The van der Waals surface area contributed by atoms with E-state index < -0.39 is 11.7 Å². The molecule has 4 heteroatoms. The molecule has 1 heterocycles. The molecule has 19 heavy (non-hydrogen) atoms. The molecule has 2 rings (SSSR count). The molecule has 0 N–H and O–H groups in total. The largest absolute Gasteiger partial charge is 0.416 e. The van der Waals surface area contributed by atoms with E-state index in [2.05, 4.69) is 4.90 Å². The second kappa shape index (κ2) is 4.51. The normalized spacial score (nSPS) is 17.4. The van der Waals surface area contributed by atoms with Crippen LogP contribution in [0.25, 0.3) is 0 Å². The van der Waals surface area contributed by atoms with Gasteiger partial charge < -0.3 is 4.90 Å². The van der Waals surface area contributed by atoms with Crippen molar-refractivity contribution in [3.8, 4) is 0 Å². The topological polar surface area (TPSA) is 3.24 Å². The average molecular weight is 271 g/mol. The molecule has 0 aromatic heterocycles. The monoisotopic (exact) mass is 271 g/mol. The first kappa shape index (κ1) is 14.4. The van der Waals surface area contributed by atoms with Gasteiger partial charge in [-0.3, -0.25) is 0 Å². The van der Waals surface area contributed by atoms with Crippen LogP contribution in [-0.2, 0) is 24.6 Å². The lowest BCUT2D eigenvalue weighted by Crippen LogP contribution is -2.29. The van der Waals surface area contributed by atoms with Crippen LogP contribution in [0.2, 0.25) is 0 Å². The van der Waals surface area contributed by atoms with E-state index in [1.807, 2.05) is 33.9 Å². The molecule has 0 unspecified atom stereocenters. The van der Waals surface area contributed by atoms with Gasteiger partial charge in [-0.15, -0.1) is 0 Å². The molecule has 1 aliphatic heterocycles. The van der Waals surface area contributed by atoms with Gasteiger partial charge >= 0.3 is 6.18 Å². The molecular weight excluding hydrogens is 251 g/mol. The fourth-order valence-electron chi connectivity index (χ4n) is 2.53. The molecule has 0 spiro atoms. The summed E-state index contributed by atoms with van der Waals surface area (Å²) in [5.74, 6) is 0. The van der Waals surface area contributed by atoms with Crippen molar-refractivity contribution in [2.45, 2.75) is 45.3 Å². The molecule has 0 atom stereocenters. The minimum Gasteiger partial charge on any atom is -0.302 e. The minimum absolute atomic E-state index is 0.273. The van der Waals surface area contributed by atoms with Crippen LogP contribution in [0.4, 0.5) is 13.2 Å². The van der Waals surface area contributed by atoms with Crippen LogP contribution in [0.1, 0.15) is 43.0 Å². The van der Waals surface area contributed by atoms with Gasteiger partial charge in [0.1, 0.15) is 0 Å². The Morgan fingerprint density at radius 3 is 2.26 bits per heavy atom. The Kier molecular flexibility index (Phi) is 3.42. The van der Waals surface area contributed by atoms with E-state index in [-0.39, 0.29) is 5.41 Å². The molecule has 1 aliphatic rings. The Morgan fingerprint density at radius 2 is 1.74 bits per heavy atom. The fourth-order valence-corrected chi connectivity index (χ4v) is 2.53. The van der Waals surface area contributed by atoms with Crippen LogP contribution < -0.4 is 0 Å². The SMILES string of the molecule is CN1CCc2c(cc(C(C)(C)C)cc2C(F)(F)F)C1. The van der Waals surface area contributed by atoms with Gasteiger partial charge in [0.15, 0.2) is 0 Å². The van der Waals surface area contributed by atoms with Crippen LogP contribution in [0, 0.1) is 0 Å². The number of nitrogens with zero attached hydrogens (tertiary/aromatic N) is 1. The Morgan fingerprint density at radius 1 is 1.11 bits per heavy atom. The van der Waals surface area contributed by atoms with E-state index >= 15 is 0 Å². The highest BCUT2D eigenvalue weighted by Crippen LogP contribution is 2.38. The number of fused-ring (bicyclic) bond motifs is 1. The molecule has 0 amide bonds. The number of likely N-dealkylation sites (N-methyl/N-ethyl adjacent to an activating group) is 1. The summed E-state index contributed by atoms with van der Waals surface area (Å²) in [5, 5.41) is 0.